The van der Waals surface area contributed by atoms with Gasteiger partial charge in [-0.1, -0.05) is 97.9 Å². The zero-order valence-electron chi connectivity index (χ0n) is 15.8. The molecule has 3 aromatic carbocycles. The van der Waals surface area contributed by atoms with Crippen molar-refractivity contribution >= 4 is 0 Å². The number of hydrogen-bond donors (Lipinski definition) is 2. The van der Waals surface area contributed by atoms with Gasteiger partial charge < -0.3 is 10.4 Å². The van der Waals surface area contributed by atoms with Crippen LogP contribution in [0.4, 0.5) is 0 Å². The lowest BCUT2D eigenvalue weighted by molar-refractivity contribution is -0.0674. The Kier molecular flexibility index (Phi) is 5.11. The third kappa shape index (κ3) is 3.83. The van der Waals surface area contributed by atoms with E-state index in [1.807, 2.05) is 30.3 Å². The second-order valence-corrected chi connectivity index (χ2v) is 7.78. The van der Waals surface area contributed by atoms with Crippen molar-refractivity contribution in [3.8, 4) is 0 Å². The van der Waals surface area contributed by atoms with E-state index in [9.17, 15) is 5.11 Å². The molecular formula is C25H27NO. The number of piperidine rings is 1. The summed E-state index contributed by atoms with van der Waals surface area (Å²) in [5, 5.41) is 15.6. The molecule has 2 heteroatoms. The molecule has 0 aliphatic carbocycles. The van der Waals surface area contributed by atoms with E-state index in [4.69, 9.17) is 0 Å². The molecule has 0 aromatic heterocycles. The normalized spacial score (nSPS) is 28.0. The van der Waals surface area contributed by atoms with E-state index in [2.05, 4.69) is 72.9 Å². The Morgan fingerprint density at radius 3 is 1.93 bits per heavy atom. The zero-order valence-corrected chi connectivity index (χ0v) is 15.8. The maximum atomic E-state index is 11.8. The molecule has 0 spiro atoms. The SMILES string of the molecule is C[C@H]1[C@@H](c2ccccc2)N[C@H](c2ccccc2)C[C@]1(O)Cc1ccccc1. The van der Waals surface area contributed by atoms with Gasteiger partial charge in [0.25, 0.3) is 0 Å². The van der Waals surface area contributed by atoms with E-state index in [1.165, 1.54) is 16.7 Å². The number of rotatable bonds is 4. The van der Waals surface area contributed by atoms with Crippen LogP contribution in [0.5, 0.6) is 0 Å². The fourth-order valence-electron chi connectivity index (χ4n) is 4.40. The van der Waals surface area contributed by atoms with Gasteiger partial charge in [-0.05, 0) is 23.1 Å². The Bertz CT molecular complexity index is 849. The van der Waals surface area contributed by atoms with Crippen LogP contribution in [0.3, 0.4) is 0 Å². The highest BCUT2D eigenvalue weighted by molar-refractivity contribution is 5.28. The predicted molar refractivity (Wildman–Crippen MR) is 110 cm³/mol. The minimum Gasteiger partial charge on any atom is -0.389 e. The van der Waals surface area contributed by atoms with Crippen LogP contribution in [0.2, 0.25) is 0 Å². The van der Waals surface area contributed by atoms with Crippen molar-refractivity contribution in [2.45, 2.75) is 37.5 Å². The second kappa shape index (κ2) is 7.67. The van der Waals surface area contributed by atoms with Crippen LogP contribution in [0.1, 0.15) is 42.1 Å². The van der Waals surface area contributed by atoms with Crippen LogP contribution in [0.25, 0.3) is 0 Å². The van der Waals surface area contributed by atoms with Gasteiger partial charge in [0, 0.05) is 24.4 Å². The average Bonchev–Trinajstić information content (AvgIpc) is 2.72. The molecular weight excluding hydrogens is 330 g/mol. The lowest BCUT2D eigenvalue weighted by atomic mass is 9.69. The molecule has 0 bridgehead atoms. The molecule has 27 heavy (non-hydrogen) atoms. The highest BCUT2D eigenvalue weighted by Gasteiger charge is 2.45. The lowest BCUT2D eigenvalue weighted by Gasteiger charge is -2.48. The molecule has 3 aromatic rings. The lowest BCUT2D eigenvalue weighted by Crippen LogP contribution is -2.53. The highest BCUT2D eigenvalue weighted by atomic mass is 16.3. The first kappa shape index (κ1) is 18.0. The van der Waals surface area contributed by atoms with Crippen molar-refractivity contribution in [3.63, 3.8) is 0 Å². The summed E-state index contributed by atoms with van der Waals surface area (Å²) in [6, 6.07) is 31.6. The standard InChI is InChI=1S/C25H27NO/c1-19-24(22-15-9-4-10-16-22)26-23(21-13-7-3-8-14-21)18-25(19,27)17-20-11-5-2-6-12-20/h2-16,19,23-24,26-27H,17-18H2,1H3/t19-,23-,24-,25+/m0/s1. The van der Waals surface area contributed by atoms with E-state index in [1.54, 1.807) is 0 Å². The summed E-state index contributed by atoms with van der Waals surface area (Å²) in [4.78, 5) is 0. The first-order valence-electron chi connectivity index (χ1n) is 9.78. The van der Waals surface area contributed by atoms with Crippen molar-refractivity contribution < 1.29 is 5.11 Å². The molecule has 0 saturated carbocycles. The summed E-state index contributed by atoms with van der Waals surface area (Å²) in [5.74, 6) is 0.0973. The Hall–Kier alpha value is -2.42. The molecule has 1 aliphatic heterocycles. The van der Waals surface area contributed by atoms with E-state index >= 15 is 0 Å². The molecule has 2 nitrogen and oxygen atoms in total. The molecule has 1 saturated heterocycles. The van der Waals surface area contributed by atoms with Gasteiger partial charge in [-0.15, -0.1) is 0 Å². The average molecular weight is 357 g/mol. The number of nitrogens with one attached hydrogen (secondary N) is 1. The Balaban J connectivity index is 1.70. The third-order valence-electron chi connectivity index (χ3n) is 6.00. The van der Waals surface area contributed by atoms with Crippen LogP contribution in [0, 0.1) is 5.92 Å². The maximum absolute atomic E-state index is 11.8. The van der Waals surface area contributed by atoms with Crippen LogP contribution < -0.4 is 5.32 Å². The van der Waals surface area contributed by atoms with Gasteiger partial charge in [0.15, 0.2) is 0 Å². The molecule has 4 rings (SSSR count). The summed E-state index contributed by atoms with van der Waals surface area (Å²) < 4.78 is 0. The van der Waals surface area contributed by atoms with Crippen molar-refractivity contribution in [2.24, 2.45) is 5.92 Å². The van der Waals surface area contributed by atoms with Gasteiger partial charge >= 0.3 is 0 Å². The van der Waals surface area contributed by atoms with Crippen molar-refractivity contribution in [1.29, 1.82) is 0 Å². The van der Waals surface area contributed by atoms with Crippen molar-refractivity contribution in [3.05, 3.63) is 108 Å². The minimum absolute atomic E-state index is 0.0973. The molecule has 1 aliphatic rings. The summed E-state index contributed by atoms with van der Waals surface area (Å²) >= 11 is 0. The largest absolute Gasteiger partial charge is 0.389 e. The molecule has 4 atom stereocenters. The van der Waals surface area contributed by atoms with E-state index in [-0.39, 0.29) is 18.0 Å². The summed E-state index contributed by atoms with van der Waals surface area (Å²) in [6.07, 6.45) is 1.37. The van der Waals surface area contributed by atoms with Crippen LogP contribution in [0.15, 0.2) is 91.0 Å². The van der Waals surface area contributed by atoms with Gasteiger partial charge in [-0.25, -0.2) is 0 Å². The number of benzene rings is 3. The molecule has 0 radical (unpaired) electrons. The maximum Gasteiger partial charge on any atom is 0.0749 e. The van der Waals surface area contributed by atoms with Gasteiger partial charge in [0.1, 0.15) is 0 Å². The quantitative estimate of drug-likeness (QED) is 0.683. The molecule has 0 unspecified atom stereocenters. The third-order valence-corrected chi connectivity index (χ3v) is 6.00. The van der Waals surface area contributed by atoms with E-state index in [0.717, 1.165) is 0 Å². The monoisotopic (exact) mass is 357 g/mol. The van der Waals surface area contributed by atoms with E-state index in [0.29, 0.717) is 12.8 Å². The van der Waals surface area contributed by atoms with Crippen LogP contribution in [-0.2, 0) is 6.42 Å². The Morgan fingerprint density at radius 1 is 0.815 bits per heavy atom. The number of hydrogen-bond acceptors (Lipinski definition) is 2. The summed E-state index contributed by atoms with van der Waals surface area (Å²) in [5.41, 5.74) is 2.88. The first-order valence-corrected chi connectivity index (χ1v) is 9.78. The van der Waals surface area contributed by atoms with Crippen LogP contribution >= 0.6 is 0 Å². The second-order valence-electron chi connectivity index (χ2n) is 7.78. The summed E-state index contributed by atoms with van der Waals surface area (Å²) in [6.45, 7) is 2.18. The highest BCUT2D eigenvalue weighted by Crippen LogP contribution is 2.44. The minimum atomic E-state index is -0.770. The van der Waals surface area contributed by atoms with Gasteiger partial charge in [0.05, 0.1) is 5.60 Å². The van der Waals surface area contributed by atoms with Crippen molar-refractivity contribution in [2.75, 3.05) is 0 Å². The summed E-state index contributed by atoms with van der Waals surface area (Å²) in [7, 11) is 0. The fourth-order valence-corrected chi connectivity index (χ4v) is 4.40. The van der Waals surface area contributed by atoms with Crippen LogP contribution in [-0.4, -0.2) is 10.7 Å². The van der Waals surface area contributed by atoms with E-state index < -0.39 is 5.60 Å². The smallest absolute Gasteiger partial charge is 0.0749 e. The molecule has 0 amide bonds. The molecule has 2 N–H and O–H groups in total. The molecule has 138 valence electrons. The zero-order chi connectivity index (χ0) is 18.7. The topological polar surface area (TPSA) is 32.3 Å². The Labute approximate surface area is 161 Å². The Morgan fingerprint density at radius 2 is 1.33 bits per heavy atom. The first-order chi connectivity index (χ1) is 13.2. The molecule has 1 heterocycles. The van der Waals surface area contributed by atoms with Gasteiger partial charge in [-0.3, -0.25) is 0 Å². The fraction of sp³-hybridized carbons (Fsp3) is 0.280. The predicted octanol–water partition coefficient (Wildman–Crippen LogP) is 5.07. The molecule has 1 fully saturated rings. The van der Waals surface area contributed by atoms with Crippen molar-refractivity contribution in [1.82, 2.24) is 5.32 Å². The van der Waals surface area contributed by atoms with Gasteiger partial charge in [-0.2, -0.15) is 0 Å². The van der Waals surface area contributed by atoms with Gasteiger partial charge in [0.2, 0.25) is 0 Å². The number of aliphatic hydroxyl groups is 1.